The number of hydrogen-bond acceptors (Lipinski definition) is 8. The Kier molecular flexibility index (Phi) is 11.8. The molecule has 1 aromatic heterocycles. The summed E-state index contributed by atoms with van der Waals surface area (Å²) >= 11 is -5.13. The number of amides is 1. The molecule has 0 aliphatic rings. The second kappa shape index (κ2) is 15.0. The summed E-state index contributed by atoms with van der Waals surface area (Å²) in [6, 6.07) is 23.2. The standard InChI is InChI=1S/C15H14AsN3O5.C8H7N.C3H6O2/c1-10(20)18-15-8-13(6-7-14(15)16(21,22)24-23)19-12-4-2-11(9-17)3-5-12;1-2-4-8-7(3-1)5-6-9-8;1-2-5-3-4/h2-8,19,23H,1H3,(H,18,20)(H,21,22);1-6,9H;3H,2H2,1H3. The summed E-state index contributed by atoms with van der Waals surface area (Å²) in [6.45, 7) is 3.91. The summed E-state index contributed by atoms with van der Waals surface area (Å²) in [5.74, 6) is -0.444. The Balaban J connectivity index is 0.000000293. The number of anilines is 3. The third-order valence-electron chi connectivity index (χ3n) is 4.72. The molecule has 4 aromatic rings. The molecular weight excluding hydrogens is 555 g/mol. The molecule has 1 heterocycles. The second-order valence-electron chi connectivity index (χ2n) is 7.45. The van der Waals surface area contributed by atoms with Crippen LogP contribution in [0.25, 0.3) is 10.9 Å². The second-order valence-corrected chi connectivity index (χ2v) is 11.0. The number of benzene rings is 3. The van der Waals surface area contributed by atoms with Crippen molar-refractivity contribution in [1.82, 2.24) is 4.98 Å². The van der Waals surface area contributed by atoms with Crippen LogP contribution in [0.5, 0.6) is 0 Å². The Morgan fingerprint density at radius 2 is 1.79 bits per heavy atom. The topological polar surface area (TPSA) is 174 Å². The number of para-hydroxylation sites is 1. The molecule has 0 aliphatic carbocycles. The Morgan fingerprint density at radius 3 is 2.34 bits per heavy atom. The van der Waals surface area contributed by atoms with Crippen molar-refractivity contribution in [3.63, 3.8) is 0 Å². The van der Waals surface area contributed by atoms with E-state index in [4.69, 9.17) is 10.5 Å². The van der Waals surface area contributed by atoms with Gasteiger partial charge in [-0.05, 0) is 24.4 Å². The first-order valence-electron chi connectivity index (χ1n) is 11.2. The molecule has 0 saturated heterocycles. The fraction of sp³-hybridized carbons (Fsp3) is 0.115. The zero-order valence-electron chi connectivity index (χ0n) is 20.6. The SMILES string of the molecule is CC(=O)Nc1cc(Nc2ccc(C#N)cc2)ccc1[As](=O)(O)OO.CCOC=O.c1ccc2[nH]ccc2c1. The minimum Gasteiger partial charge on any atom is -0.468 e. The minimum atomic E-state index is -5.13. The van der Waals surface area contributed by atoms with Crippen LogP contribution in [0, 0.1) is 11.3 Å². The van der Waals surface area contributed by atoms with Crippen molar-refractivity contribution in [3.8, 4) is 6.07 Å². The predicted molar refractivity (Wildman–Crippen MR) is 143 cm³/mol. The number of rotatable bonds is 7. The van der Waals surface area contributed by atoms with E-state index in [0.717, 1.165) is 0 Å². The summed E-state index contributed by atoms with van der Waals surface area (Å²) in [5, 5.41) is 24.1. The van der Waals surface area contributed by atoms with Crippen LogP contribution in [-0.4, -0.2) is 47.5 Å². The number of aromatic amines is 1. The molecule has 12 heteroatoms. The third-order valence-corrected chi connectivity index (χ3v) is 7.28. The maximum absolute atomic E-state index is 11.9. The number of carbonyl (C=O) groups is 2. The van der Waals surface area contributed by atoms with Crippen LogP contribution in [0.2, 0.25) is 0 Å². The number of nitrogens with one attached hydrogen (secondary N) is 3. The van der Waals surface area contributed by atoms with Gasteiger partial charge in [-0.3, -0.25) is 4.79 Å². The van der Waals surface area contributed by atoms with Crippen molar-refractivity contribution < 1.29 is 31.3 Å². The van der Waals surface area contributed by atoms with E-state index in [-0.39, 0.29) is 10.0 Å². The Morgan fingerprint density at radius 1 is 1.11 bits per heavy atom. The van der Waals surface area contributed by atoms with E-state index in [1.807, 2.05) is 24.4 Å². The van der Waals surface area contributed by atoms with E-state index in [1.165, 1.54) is 36.0 Å². The zero-order chi connectivity index (χ0) is 28.0. The molecule has 0 saturated carbocycles. The Hall–Kier alpha value is -4.33. The monoisotopic (exact) mass is 582 g/mol. The van der Waals surface area contributed by atoms with Gasteiger partial charge in [-0.25, -0.2) is 0 Å². The number of fused-ring (bicyclic) bond motifs is 1. The molecule has 198 valence electrons. The van der Waals surface area contributed by atoms with Crippen LogP contribution in [0.15, 0.2) is 79.0 Å². The number of nitriles is 1. The zero-order valence-corrected chi connectivity index (χ0v) is 22.5. The molecule has 3 aromatic carbocycles. The molecule has 0 fully saturated rings. The summed E-state index contributed by atoms with van der Waals surface area (Å²) in [7, 11) is 0. The maximum Gasteiger partial charge on any atom is 0.293 e. The molecule has 0 spiro atoms. The smallest absolute Gasteiger partial charge is 0.293 e. The van der Waals surface area contributed by atoms with Crippen molar-refractivity contribution in [2.75, 3.05) is 17.2 Å². The largest absolute Gasteiger partial charge is 0.468 e. The van der Waals surface area contributed by atoms with Crippen molar-refractivity contribution in [1.29, 1.82) is 5.26 Å². The van der Waals surface area contributed by atoms with Gasteiger partial charge in [-0.2, -0.15) is 0 Å². The van der Waals surface area contributed by atoms with Crippen LogP contribution in [0.1, 0.15) is 19.4 Å². The van der Waals surface area contributed by atoms with Crippen molar-refractivity contribution in [2.24, 2.45) is 0 Å². The fourth-order valence-corrected chi connectivity index (χ4v) is 4.68. The normalized spacial score (nSPS) is 11.3. The van der Waals surface area contributed by atoms with Crippen LogP contribution >= 0.6 is 0 Å². The summed E-state index contributed by atoms with van der Waals surface area (Å²) < 4.78 is 29.2. The summed E-state index contributed by atoms with van der Waals surface area (Å²) in [5.41, 5.74) is 2.99. The minimum absolute atomic E-state index is 0.0557. The number of nitrogens with zero attached hydrogens (tertiary/aromatic N) is 1. The first-order valence-corrected chi connectivity index (χ1v) is 14.5. The van der Waals surface area contributed by atoms with Crippen molar-refractivity contribution >= 4 is 58.9 Å². The number of hydrogen-bond donors (Lipinski definition) is 5. The van der Waals surface area contributed by atoms with Crippen LogP contribution in [0.4, 0.5) is 17.1 Å². The van der Waals surface area contributed by atoms with Crippen molar-refractivity contribution in [3.05, 3.63) is 84.6 Å². The van der Waals surface area contributed by atoms with E-state index in [0.29, 0.717) is 30.0 Å². The average Bonchev–Trinajstić information content (AvgIpc) is 3.39. The fourth-order valence-electron chi connectivity index (χ4n) is 3.05. The van der Waals surface area contributed by atoms with Crippen LogP contribution in [0.3, 0.4) is 0 Å². The molecular formula is C26H27AsN4O7. The molecule has 38 heavy (non-hydrogen) atoms. The van der Waals surface area contributed by atoms with E-state index in [9.17, 15) is 17.4 Å². The predicted octanol–water partition coefficient (Wildman–Crippen LogP) is 3.67. The number of aromatic nitrogens is 1. The molecule has 1 atom stereocenters. The number of carbonyl (C=O) groups excluding carboxylic acids is 2. The van der Waals surface area contributed by atoms with E-state index in [2.05, 4.69) is 42.4 Å². The van der Waals surface area contributed by atoms with Gasteiger partial charge in [0.2, 0.25) is 0 Å². The quantitative estimate of drug-likeness (QED) is 0.0943. The summed E-state index contributed by atoms with van der Waals surface area (Å²) in [4.78, 5) is 23.6. The van der Waals surface area contributed by atoms with Crippen LogP contribution in [-0.2, 0) is 21.9 Å². The molecule has 0 aliphatic heterocycles. The average molecular weight is 582 g/mol. The number of H-pyrrole nitrogens is 1. The van der Waals surface area contributed by atoms with E-state index < -0.39 is 20.1 Å². The van der Waals surface area contributed by atoms with Gasteiger partial charge in [0.15, 0.2) is 0 Å². The van der Waals surface area contributed by atoms with Gasteiger partial charge >= 0.3 is 140 Å². The van der Waals surface area contributed by atoms with Gasteiger partial charge in [0, 0.05) is 11.7 Å². The van der Waals surface area contributed by atoms with Gasteiger partial charge in [0.25, 0.3) is 6.47 Å². The van der Waals surface area contributed by atoms with Gasteiger partial charge < -0.3 is 9.72 Å². The molecule has 4 rings (SSSR count). The Bertz CT molecular complexity index is 1400. The molecule has 1 amide bonds. The Labute approximate surface area is 221 Å². The first-order chi connectivity index (χ1) is 18.2. The molecule has 11 nitrogen and oxygen atoms in total. The van der Waals surface area contributed by atoms with Gasteiger partial charge in [-0.15, -0.1) is 0 Å². The van der Waals surface area contributed by atoms with E-state index in [1.54, 1.807) is 31.2 Å². The molecule has 0 bridgehead atoms. The molecule has 0 radical (unpaired) electrons. The van der Waals surface area contributed by atoms with Gasteiger partial charge in [0.05, 0.1) is 6.61 Å². The van der Waals surface area contributed by atoms with Crippen molar-refractivity contribution in [2.45, 2.75) is 13.8 Å². The van der Waals surface area contributed by atoms with Gasteiger partial charge in [-0.1, -0.05) is 18.2 Å². The molecule has 5 N–H and O–H groups in total. The first kappa shape index (κ1) is 29.9. The van der Waals surface area contributed by atoms with Gasteiger partial charge in [0.1, 0.15) is 0 Å². The summed E-state index contributed by atoms with van der Waals surface area (Å²) in [6.07, 6.45) is 1.95. The number of ether oxygens (including phenoxy) is 1. The maximum atomic E-state index is 11.9. The van der Waals surface area contributed by atoms with Crippen LogP contribution < -0.4 is 15.0 Å². The third kappa shape index (κ3) is 9.28. The molecule has 1 unspecified atom stereocenters. The van der Waals surface area contributed by atoms with E-state index >= 15 is 0 Å².